The lowest BCUT2D eigenvalue weighted by molar-refractivity contribution is -0.114. The fraction of sp³-hybridized carbons (Fsp3) is 0.467. The van der Waals surface area contributed by atoms with E-state index in [4.69, 9.17) is 0 Å². The summed E-state index contributed by atoms with van der Waals surface area (Å²) in [4.78, 5) is 25.7. The first-order valence-corrected chi connectivity index (χ1v) is 6.55. The Morgan fingerprint density at radius 2 is 1.83 bits per heavy atom. The minimum absolute atomic E-state index is 0.361. The fourth-order valence-electron chi connectivity index (χ4n) is 2.52. The summed E-state index contributed by atoms with van der Waals surface area (Å²) in [7, 11) is 0. The molecule has 0 atom stereocenters. The molecule has 1 aromatic rings. The van der Waals surface area contributed by atoms with E-state index < -0.39 is 0 Å². The van der Waals surface area contributed by atoms with Crippen LogP contribution >= 0.6 is 0 Å². The number of rotatable bonds is 4. The van der Waals surface area contributed by atoms with Crippen molar-refractivity contribution in [2.45, 2.75) is 33.6 Å². The molecule has 1 amide bonds. The Morgan fingerprint density at radius 3 is 2.44 bits per heavy atom. The lowest BCUT2D eigenvalue weighted by Crippen LogP contribution is -2.34. The van der Waals surface area contributed by atoms with E-state index in [1.807, 2.05) is 19.1 Å². The molecule has 0 unspecified atom stereocenters. The maximum absolute atomic E-state index is 12.1. The van der Waals surface area contributed by atoms with Crippen LogP contribution in [0.4, 0.5) is 5.69 Å². The number of benzene rings is 1. The quantitative estimate of drug-likeness (QED) is 0.765. The highest BCUT2D eigenvalue weighted by Gasteiger charge is 2.37. The van der Waals surface area contributed by atoms with Crippen molar-refractivity contribution in [3.05, 3.63) is 29.3 Å². The number of hydrogen-bond donors (Lipinski definition) is 0. The van der Waals surface area contributed by atoms with Crippen molar-refractivity contribution in [2.24, 2.45) is 5.92 Å². The largest absolute Gasteiger partial charge is 0.304 e. The number of para-hydroxylation sites is 1. The van der Waals surface area contributed by atoms with Crippen LogP contribution in [0.25, 0.3) is 0 Å². The van der Waals surface area contributed by atoms with E-state index in [0.717, 1.165) is 24.1 Å². The van der Waals surface area contributed by atoms with Crippen molar-refractivity contribution < 1.29 is 9.59 Å². The summed E-state index contributed by atoms with van der Waals surface area (Å²) in [6, 6.07) is 5.53. The van der Waals surface area contributed by atoms with Gasteiger partial charge in [0.05, 0.1) is 11.3 Å². The lowest BCUT2D eigenvalue weighted by Gasteiger charge is -2.23. The zero-order chi connectivity index (χ0) is 13.3. The maximum atomic E-state index is 12.1. The van der Waals surface area contributed by atoms with Gasteiger partial charge in [-0.3, -0.25) is 9.59 Å². The zero-order valence-corrected chi connectivity index (χ0v) is 11.2. The number of hydrogen-bond acceptors (Lipinski definition) is 2. The van der Waals surface area contributed by atoms with Gasteiger partial charge in [0.1, 0.15) is 0 Å². The molecule has 0 N–H and O–H groups in total. The van der Waals surface area contributed by atoms with Gasteiger partial charge in [0, 0.05) is 6.54 Å². The number of carbonyl (C=O) groups excluding carboxylic acids is 2. The molecular weight excluding hydrogens is 226 g/mol. The normalized spacial score (nSPS) is 14.6. The van der Waals surface area contributed by atoms with Gasteiger partial charge in [-0.05, 0) is 24.5 Å². The Bertz CT molecular complexity index is 489. The molecule has 1 aliphatic heterocycles. The van der Waals surface area contributed by atoms with Crippen LogP contribution in [0.1, 0.15) is 42.6 Å². The van der Waals surface area contributed by atoms with Crippen molar-refractivity contribution in [1.82, 2.24) is 0 Å². The number of anilines is 1. The Labute approximate surface area is 108 Å². The monoisotopic (exact) mass is 245 g/mol. The summed E-state index contributed by atoms with van der Waals surface area (Å²) in [6.45, 7) is 6.84. The molecule has 3 nitrogen and oxygen atoms in total. The van der Waals surface area contributed by atoms with Crippen LogP contribution in [0.15, 0.2) is 18.2 Å². The molecule has 0 fully saturated rings. The second-order valence-electron chi connectivity index (χ2n) is 4.90. The fourth-order valence-corrected chi connectivity index (χ4v) is 2.52. The van der Waals surface area contributed by atoms with Crippen LogP contribution in [0.3, 0.4) is 0 Å². The molecule has 96 valence electrons. The number of fused-ring (bicyclic) bond motifs is 1. The van der Waals surface area contributed by atoms with Gasteiger partial charge in [0.15, 0.2) is 0 Å². The van der Waals surface area contributed by atoms with Gasteiger partial charge in [0.2, 0.25) is 0 Å². The third-order valence-corrected chi connectivity index (χ3v) is 3.79. The lowest BCUT2D eigenvalue weighted by atomic mass is 10.0. The predicted octanol–water partition coefficient (Wildman–Crippen LogP) is 2.96. The Morgan fingerprint density at radius 1 is 1.17 bits per heavy atom. The Kier molecular flexibility index (Phi) is 3.50. The SMILES string of the molecule is CCC(CC)CN1C(=O)C(=O)c2cccc(C)c21. The van der Waals surface area contributed by atoms with Crippen LogP contribution in [0.2, 0.25) is 0 Å². The van der Waals surface area contributed by atoms with Gasteiger partial charge in [0.25, 0.3) is 11.7 Å². The molecule has 0 spiro atoms. The van der Waals surface area contributed by atoms with E-state index in [0.29, 0.717) is 18.0 Å². The van der Waals surface area contributed by atoms with E-state index in [1.54, 1.807) is 11.0 Å². The van der Waals surface area contributed by atoms with Crippen LogP contribution < -0.4 is 4.90 Å². The predicted molar refractivity (Wildman–Crippen MR) is 71.9 cm³/mol. The van der Waals surface area contributed by atoms with Gasteiger partial charge in [-0.1, -0.05) is 38.8 Å². The number of aryl methyl sites for hydroxylation is 1. The van der Waals surface area contributed by atoms with E-state index in [1.165, 1.54) is 0 Å². The molecule has 0 radical (unpaired) electrons. The molecule has 0 saturated heterocycles. The van der Waals surface area contributed by atoms with E-state index in [9.17, 15) is 9.59 Å². The minimum Gasteiger partial charge on any atom is -0.304 e. The minimum atomic E-state index is -0.369. The van der Waals surface area contributed by atoms with Crippen LogP contribution in [0, 0.1) is 12.8 Å². The highest BCUT2D eigenvalue weighted by molar-refractivity contribution is 6.52. The van der Waals surface area contributed by atoms with Crippen molar-refractivity contribution in [2.75, 3.05) is 11.4 Å². The number of carbonyl (C=O) groups is 2. The Balaban J connectivity index is 2.39. The molecule has 0 aromatic heterocycles. The first-order valence-electron chi connectivity index (χ1n) is 6.55. The first-order chi connectivity index (χ1) is 8.60. The third-order valence-electron chi connectivity index (χ3n) is 3.79. The smallest absolute Gasteiger partial charge is 0.299 e. The van der Waals surface area contributed by atoms with Crippen LogP contribution in [-0.2, 0) is 4.79 Å². The highest BCUT2D eigenvalue weighted by atomic mass is 16.2. The first kappa shape index (κ1) is 12.8. The van der Waals surface area contributed by atoms with Crippen molar-refractivity contribution in [3.63, 3.8) is 0 Å². The summed E-state index contributed by atoms with van der Waals surface area (Å²) in [5.41, 5.74) is 2.38. The number of ketones is 1. The number of nitrogens with zero attached hydrogens (tertiary/aromatic N) is 1. The summed E-state index contributed by atoms with van der Waals surface area (Å²) < 4.78 is 0. The Hall–Kier alpha value is -1.64. The average molecular weight is 245 g/mol. The summed E-state index contributed by atoms with van der Waals surface area (Å²) >= 11 is 0. The summed E-state index contributed by atoms with van der Waals surface area (Å²) in [6.07, 6.45) is 2.05. The summed E-state index contributed by atoms with van der Waals surface area (Å²) in [5, 5.41) is 0. The van der Waals surface area contributed by atoms with E-state index in [2.05, 4.69) is 13.8 Å². The molecule has 0 bridgehead atoms. The van der Waals surface area contributed by atoms with E-state index >= 15 is 0 Å². The molecule has 0 aliphatic carbocycles. The topological polar surface area (TPSA) is 37.4 Å². The highest BCUT2D eigenvalue weighted by Crippen LogP contribution is 2.33. The van der Waals surface area contributed by atoms with Crippen LogP contribution in [-0.4, -0.2) is 18.2 Å². The second kappa shape index (κ2) is 4.92. The number of amides is 1. The van der Waals surface area contributed by atoms with Gasteiger partial charge in [-0.2, -0.15) is 0 Å². The van der Waals surface area contributed by atoms with Gasteiger partial charge in [-0.15, -0.1) is 0 Å². The van der Waals surface area contributed by atoms with Crippen molar-refractivity contribution in [1.29, 1.82) is 0 Å². The molecule has 1 aromatic carbocycles. The van der Waals surface area contributed by atoms with Gasteiger partial charge >= 0.3 is 0 Å². The zero-order valence-electron chi connectivity index (χ0n) is 11.2. The van der Waals surface area contributed by atoms with Crippen LogP contribution in [0.5, 0.6) is 0 Å². The van der Waals surface area contributed by atoms with Gasteiger partial charge in [-0.25, -0.2) is 0 Å². The van der Waals surface area contributed by atoms with Crippen molar-refractivity contribution >= 4 is 17.4 Å². The molecular formula is C15H19NO2. The standard InChI is InChI=1S/C15H19NO2/c1-4-11(5-2)9-16-13-10(3)7-6-8-12(13)14(17)15(16)18/h6-8,11H,4-5,9H2,1-3H3. The third kappa shape index (κ3) is 1.94. The van der Waals surface area contributed by atoms with E-state index in [-0.39, 0.29) is 11.7 Å². The van der Waals surface area contributed by atoms with Gasteiger partial charge < -0.3 is 4.90 Å². The molecule has 0 saturated carbocycles. The maximum Gasteiger partial charge on any atom is 0.299 e. The average Bonchev–Trinajstić information content (AvgIpc) is 2.62. The van der Waals surface area contributed by atoms with Crippen molar-refractivity contribution in [3.8, 4) is 0 Å². The molecule has 1 aliphatic rings. The number of Topliss-reactive ketones (excluding diaryl/α,β-unsaturated/α-hetero) is 1. The summed E-state index contributed by atoms with van der Waals surface area (Å²) in [5.74, 6) is -0.279. The molecule has 2 rings (SSSR count). The molecule has 18 heavy (non-hydrogen) atoms. The molecule has 1 heterocycles. The second-order valence-corrected chi connectivity index (χ2v) is 4.90. The molecule has 3 heteroatoms.